The fourth-order valence-corrected chi connectivity index (χ4v) is 2.74. The van der Waals surface area contributed by atoms with E-state index in [1.54, 1.807) is 0 Å². The van der Waals surface area contributed by atoms with Gasteiger partial charge >= 0.3 is 0 Å². The van der Waals surface area contributed by atoms with Crippen LogP contribution in [-0.4, -0.2) is 20.0 Å². The van der Waals surface area contributed by atoms with Crippen molar-refractivity contribution in [3.8, 4) is 0 Å². The third-order valence-corrected chi connectivity index (χ3v) is 3.49. The summed E-state index contributed by atoms with van der Waals surface area (Å²) in [6.07, 6.45) is 4.09. The van der Waals surface area contributed by atoms with E-state index in [9.17, 15) is 0 Å². The van der Waals surface area contributed by atoms with E-state index in [-0.39, 0.29) is 5.48 Å². The molecule has 0 atom stereocenters. The first-order chi connectivity index (χ1) is 8.34. The Balaban J connectivity index is 0.000001000. The number of nitrogen functional groups attached to an aromatic ring is 1. The Labute approximate surface area is 104 Å². The highest BCUT2D eigenvalue weighted by Crippen LogP contribution is 2.30. The molecule has 5 nitrogen and oxygen atoms in total. The smallest absolute Gasteiger partial charge is 0.110 e. The molecular weight excluding hydrogens is 228 g/mol. The van der Waals surface area contributed by atoms with E-state index in [1.807, 2.05) is 18.3 Å². The summed E-state index contributed by atoms with van der Waals surface area (Å²) in [7, 11) is 0. The van der Waals surface area contributed by atoms with Crippen molar-refractivity contribution in [1.29, 1.82) is 0 Å². The Bertz CT molecular complexity index is 747. The molecule has 0 saturated carbocycles. The molecule has 0 spiro atoms. The number of aryl methyl sites for hydroxylation is 2. The van der Waals surface area contributed by atoms with Crippen LogP contribution >= 0.6 is 0 Å². The number of benzene rings is 1. The minimum Gasteiger partial charge on any atom is -0.412 e. The first-order valence-electron chi connectivity index (χ1n) is 5.87. The van der Waals surface area contributed by atoms with E-state index < -0.39 is 0 Å². The fourth-order valence-electron chi connectivity index (χ4n) is 2.74. The highest BCUT2D eigenvalue weighted by molar-refractivity contribution is 6.06. The molecule has 0 radical (unpaired) electrons. The maximum Gasteiger partial charge on any atom is 0.110 e. The molecule has 1 aliphatic heterocycles. The Morgan fingerprint density at radius 1 is 1.28 bits per heavy atom. The van der Waals surface area contributed by atoms with Crippen LogP contribution in [0.4, 0.5) is 5.69 Å². The molecule has 0 amide bonds. The van der Waals surface area contributed by atoms with Gasteiger partial charge in [-0.15, -0.1) is 0 Å². The van der Waals surface area contributed by atoms with E-state index in [4.69, 9.17) is 5.73 Å². The summed E-state index contributed by atoms with van der Waals surface area (Å²) in [5, 5.41) is 1.11. The normalized spacial score (nSPS) is 13.8. The molecule has 0 fully saturated rings. The number of para-hydroxylation sites is 1. The van der Waals surface area contributed by atoms with Crippen LogP contribution in [0, 0.1) is 0 Å². The lowest BCUT2D eigenvalue weighted by atomic mass is 10.1. The Morgan fingerprint density at radius 2 is 2.17 bits per heavy atom. The number of nitrogens with two attached hydrogens (primary N) is 1. The van der Waals surface area contributed by atoms with E-state index in [2.05, 4.69) is 20.6 Å². The highest BCUT2D eigenvalue weighted by atomic mass is 16.0. The van der Waals surface area contributed by atoms with Gasteiger partial charge < -0.3 is 15.8 Å². The molecule has 0 aliphatic carbocycles. The molecule has 1 aliphatic rings. The monoisotopic (exact) mass is 242 g/mol. The maximum absolute atomic E-state index is 5.97. The van der Waals surface area contributed by atoms with Crippen LogP contribution in [0.15, 0.2) is 24.4 Å². The summed E-state index contributed by atoms with van der Waals surface area (Å²) in [5.74, 6) is 1.18. The van der Waals surface area contributed by atoms with Crippen LogP contribution in [-0.2, 0) is 13.0 Å². The van der Waals surface area contributed by atoms with Gasteiger partial charge in [-0.1, -0.05) is 12.1 Å². The van der Waals surface area contributed by atoms with Crippen molar-refractivity contribution in [2.24, 2.45) is 0 Å². The highest BCUT2D eigenvalue weighted by Gasteiger charge is 2.18. The summed E-state index contributed by atoms with van der Waals surface area (Å²) >= 11 is 0. The van der Waals surface area contributed by atoms with Crippen LogP contribution in [0.25, 0.3) is 21.9 Å². The zero-order valence-electron chi connectivity index (χ0n) is 9.85. The minimum atomic E-state index is 0. The summed E-state index contributed by atoms with van der Waals surface area (Å²) < 4.78 is 2.30. The SMILES string of the molecule is Nc1cccc2c1ncc1nc3n(c12)CCC3.O. The third kappa shape index (κ3) is 1.25. The largest absolute Gasteiger partial charge is 0.412 e. The standard InChI is InChI=1S/C13H12N4.H2O/c14-9-4-1-3-8-12(9)15-7-10-13(8)17-6-2-5-11(17)16-10;/h1,3-4,7H,2,5-6,14H2;1H2. The molecule has 1 aromatic carbocycles. The number of hydrogen-bond acceptors (Lipinski definition) is 3. The maximum atomic E-state index is 5.97. The Kier molecular flexibility index (Phi) is 2.24. The number of hydrogen-bond donors (Lipinski definition) is 1. The van der Waals surface area contributed by atoms with E-state index in [1.165, 1.54) is 17.8 Å². The molecule has 0 unspecified atom stereocenters. The van der Waals surface area contributed by atoms with E-state index in [0.29, 0.717) is 0 Å². The molecule has 3 aromatic rings. The number of fused-ring (bicyclic) bond motifs is 5. The van der Waals surface area contributed by atoms with Gasteiger partial charge in [0.25, 0.3) is 0 Å². The van der Waals surface area contributed by atoms with Crippen molar-refractivity contribution in [2.75, 3.05) is 5.73 Å². The van der Waals surface area contributed by atoms with Crippen LogP contribution in [0.5, 0.6) is 0 Å². The number of pyridine rings is 1. The van der Waals surface area contributed by atoms with Gasteiger partial charge in [0.05, 0.1) is 22.9 Å². The van der Waals surface area contributed by atoms with Crippen molar-refractivity contribution in [1.82, 2.24) is 14.5 Å². The van der Waals surface area contributed by atoms with Gasteiger partial charge in [-0.25, -0.2) is 4.98 Å². The molecule has 92 valence electrons. The lowest BCUT2D eigenvalue weighted by molar-refractivity contribution is 0.773. The molecular formula is C13H14N4O. The Morgan fingerprint density at radius 3 is 3.06 bits per heavy atom. The summed E-state index contributed by atoms with van der Waals surface area (Å²) in [6.45, 7) is 1.06. The molecule has 18 heavy (non-hydrogen) atoms. The van der Waals surface area contributed by atoms with Crippen LogP contribution in [0.3, 0.4) is 0 Å². The number of nitrogens with zero attached hydrogens (tertiary/aromatic N) is 3. The van der Waals surface area contributed by atoms with Crippen LogP contribution in [0.1, 0.15) is 12.2 Å². The molecule has 0 bridgehead atoms. The van der Waals surface area contributed by atoms with E-state index in [0.717, 1.165) is 35.1 Å². The lowest BCUT2D eigenvalue weighted by Gasteiger charge is -2.04. The van der Waals surface area contributed by atoms with Gasteiger partial charge in [-0.2, -0.15) is 0 Å². The van der Waals surface area contributed by atoms with Crippen molar-refractivity contribution >= 4 is 27.6 Å². The second-order valence-corrected chi connectivity index (χ2v) is 4.52. The van der Waals surface area contributed by atoms with Gasteiger partial charge in [-0.05, 0) is 12.5 Å². The molecule has 4 rings (SSSR count). The lowest BCUT2D eigenvalue weighted by Crippen LogP contribution is -1.94. The third-order valence-electron chi connectivity index (χ3n) is 3.49. The van der Waals surface area contributed by atoms with Gasteiger partial charge in [0.15, 0.2) is 0 Å². The fraction of sp³-hybridized carbons (Fsp3) is 0.231. The molecule has 5 heteroatoms. The first kappa shape index (κ1) is 11.0. The number of aromatic nitrogens is 3. The second-order valence-electron chi connectivity index (χ2n) is 4.52. The van der Waals surface area contributed by atoms with Gasteiger partial charge in [0.2, 0.25) is 0 Å². The predicted octanol–water partition coefficient (Wildman–Crippen LogP) is 1.29. The molecule has 0 saturated heterocycles. The van der Waals surface area contributed by atoms with Gasteiger partial charge in [-0.3, -0.25) is 4.98 Å². The van der Waals surface area contributed by atoms with E-state index >= 15 is 0 Å². The van der Waals surface area contributed by atoms with Crippen molar-refractivity contribution in [3.05, 3.63) is 30.2 Å². The second kappa shape index (κ2) is 3.68. The molecule has 3 heterocycles. The summed E-state index contributed by atoms with van der Waals surface area (Å²) in [5.41, 5.74) is 9.76. The average Bonchev–Trinajstić information content (AvgIpc) is 2.88. The summed E-state index contributed by atoms with van der Waals surface area (Å²) in [4.78, 5) is 9.05. The number of anilines is 1. The average molecular weight is 242 g/mol. The van der Waals surface area contributed by atoms with Gasteiger partial charge in [0.1, 0.15) is 11.3 Å². The summed E-state index contributed by atoms with van der Waals surface area (Å²) in [6, 6.07) is 5.95. The number of imidazole rings is 1. The number of rotatable bonds is 0. The topological polar surface area (TPSA) is 88.2 Å². The Hall–Kier alpha value is -2.14. The van der Waals surface area contributed by atoms with Crippen molar-refractivity contribution < 1.29 is 5.48 Å². The minimum absolute atomic E-state index is 0. The molecule has 2 aromatic heterocycles. The van der Waals surface area contributed by atoms with Crippen LogP contribution < -0.4 is 5.73 Å². The quantitative estimate of drug-likeness (QED) is 0.602. The van der Waals surface area contributed by atoms with Crippen molar-refractivity contribution in [3.63, 3.8) is 0 Å². The first-order valence-corrected chi connectivity index (χ1v) is 5.87. The zero-order chi connectivity index (χ0) is 11.4. The van der Waals surface area contributed by atoms with Crippen molar-refractivity contribution in [2.45, 2.75) is 19.4 Å². The molecule has 4 N–H and O–H groups in total. The van der Waals surface area contributed by atoms with Gasteiger partial charge in [0, 0.05) is 18.4 Å². The zero-order valence-corrected chi connectivity index (χ0v) is 9.85. The predicted molar refractivity (Wildman–Crippen MR) is 71.4 cm³/mol. The van der Waals surface area contributed by atoms with Crippen LogP contribution in [0.2, 0.25) is 0 Å².